The van der Waals surface area contributed by atoms with Crippen molar-refractivity contribution in [2.75, 3.05) is 0 Å². The van der Waals surface area contributed by atoms with Crippen LogP contribution in [-0.4, -0.2) is 15.9 Å². The van der Waals surface area contributed by atoms with E-state index in [2.05, 4.69) is 12.1 Å². The molecular formula is C19H20N2O. The molecule has 0 amide bonds. The molecular weight excluding hydrogens is 272 g/mol. The zero-order valence-corrected chi connectivity index (χ0v) is 13.2. The predicted molar refractivity (Wildman–Crippen MR) is 89.5 cm³/mol. The first-order valence-corrected chi connectivity index (χ1v) is 7.54. The van der Waals surface area contributed by atoms with E-state index in [1.165, 1.54) is 0 Å². The zero-order chi connectivity index (χ0) is 15.5. The zero-order valence-electron chi connectivity index (χ0n) is 13.2. The van der Waals surface area contributed by atoms with E-state index in [1.807, 2.05) is 74.0 Å². The summed E-state index contributed by atoms with van der Waals surface area (Å²) in [4.78, 5) is 0. The lowest BCUT2D eigenvalue weighted by Gasteiger charge is -2.14. The average Bonchev–Trinajstić information content (AvgIpc) is 2.85. The van der Waals surface area contributed by atoms with Gasteiger partial charge in [-0.05, 0) is 38.5 Å². The van der Waals surface area contributed by atoms with Crippen molar-refractivity contribution in [1.29, 1.82) is 0 Å². The molecule has 0 atom stereocenters. The molecule has 0 aliphatic heterocycles. The number of aromatic nitrogens is 2. The highest BCUT2D eigenvalue weighted by atomic mass is 16.5. The molecule has 3 heteroatoms. The number of ether oxygens (including phenoxy) is 1. The Hall–Kier alpha value is -2.55. The SMILES string of the molecule is Cc1nn(-c2ccccc2)c(OC(C)C)c1-c1ccccc1. The van der Waals surface area contributed by atoms with Gasteiger partial charge in [-0.3, -0.25) is 0 Å². The summed E-state index contributed by atoms with van der Waals surface area (Å²) in [6.45, 7) is 6.09. The fourth-order valence-electron chi connectivity index (χ4n) is 2.52. The van der Waals surface area contributed by atoms with Gasteiger partial charge in [-0.25, -0.2) is 4.68 Å². The predicted octanol–water partition coefficient (Wildman–Crippen LogP) is 4.63. The summed E-state index contributed by atoms with van der Waals surface area (Å²) in [5.41, 5.74) is 4.14. The van der Waals surface area contributed by atoms with Crippen LogP contribution in [0.2, 0.25) is 0 Å². The molecule has 0 aliphatic rings. The summed E-state index contributed by atoms with van der Waals surface area (Å²) >= 11 is 0. The Morgan fingerprint density at radius 2 is 1.50 bits per heavy atom. The summed E-state index contributed by atoms with van der Waals surface area (Å²) in [5.74, 6) is 0.796. The van der Waals surface area contributed by atoms with Crippen LogP contribution in [0.4, 0.5) is 0 Å². The van der Waals surface area contributed by atoms with Gasteiger partial charge in [0.05, 0.1) is 23.0 Å². The number of benzene rings is 2. The molecule has 3 aromatic rings. The van der Waals surface area contributed by atoms with Gasteiger partial charge in [-0.2, -0.15) is 5.10 Å². The Bertz CT molecular complexity index is 746. The highest BCUT2D eigenvalue weighted by Gasteiger charge is 2.20. The molecule has 2 aromatic carbocycles. The normalized spacial score (nSPS) is 10.9. The van der Waals surface area contributed by atoms with Gasteiger partial charge in [0, 0.05) is 0 Å². The van der Waals surface area contributed by atoms with Crippen LogP contribution in [0.15, 0.2) is 60.7 Å². The lowest BCUT2D eigenvalue weighted by molar-refractivity contribution is 0.227. The fourth-order valence-corrected chi connectivity index (χ4v) is 2.52. The van der Waals surface area contributed by atoms with E-state index < -0.39 is 0 Å². The van der Waals surface area contributed by atoms with Crippen LogP contribution < -0.4 is 4.74 Å². The maximum atomic E-state index is 6.11. The first-order valence-electron chi connectivity index (χ1n) is 7.54. The monoisotopic (exact) mass is 292 g/mol. The van der Waals surface area contributed by atoms with Gasteiger partial charge in [-0.1, -0.05) is 48.5 Å². The summed E-state index contributed by atoms with van der Waals surface area (Å²) in [6.07, 6.45) is 0.0843. The first-order chi connectivity index (χ1) is 10.7. The number of aryl methyl sites for hydroxylation is 1. The Labute approximate surface area is 131 Å². The molecule has 0 aliphatic carbocycles. The standard InChI is InChI=1S/C19H20N2O/c1-14(2)22-19-18(16-10-6-4-7-11-16)15(3)20-21(19)17-12-8-5-9-13-17/h4-14H,1-3H3. The van der Waals surface area contributed by atoms with E-state index >= 15 is 0 Å². The molecule has 0 N–H and O–H groups in total. The quantitative estimate of drug-likeness (QED) is 0.700. The van der Waals surface area contributed by atoms with E-state index in [0.717, 1.165) is 28.4 Å². The van der Waals surface area contributed by atoms with E-state index in [4.69, 9.17) is 9.84 Å². The van der Waals surface area contributed by atoms with E-state index in [1.54, 1.807) is 0 Å². The van der Waals surface area contributed by atoms with Crippen molar-refractivity contribution in [2.45, 2.75) is 26.9 Å². The molecule has 0 saturated carbocycles. The minimum Gasteiger partial charge on any atom is -0.474 e. The van der Waals surface area contributed by atoms with Crippen molar-refractivity contribution in [3.63, 3.8) is 0 Å². The number of para-hydroxylation sites is 1. The van der Waals surface area contributed by atoms with Crippen LogP contribution in [0.3, 0.4) is 0 Å². The number of hydrogen-bond donors (Lipinski definition) is 0. The van der Waals surface area contributed by atoms with Crippen LogP contribution in [0.5, 0.6) is 5.88 Å². The van der Waals surface area contributed by atoms with Crippen LogP contribution in [0, 0.1) is 6.92 Å². The molecule has 112 valence electrons. The van der Waals surface area contributed by atoms with Crippen LogP contribution >= 0.6 is 0 Å². The molecule has 3 nitrogen and oxygen atoms in total. The van der Waals surface area contributed by atoms with Crippen molar-refractivity contribution < 1.29 is 4.74 Å². The molecule has 0 saturated heterocycles. The molecule has 3 rings (SSSR count). The van der Waals surface area contributed by atoms with Gasteiger partial charge in [0.15, 0.2) is 0 Å². The minimum atomic E-state index is 0.0843. The molecule has 0 spiro atoms. The molecule has 0 unspecified atom stereocenters. The second-order valence-electron chi connectivity index (χ2n) is 5.55. The summed E-state index contributed by atoms with van der Waals surface area (Å²) in [6, 6.07) is 20.4. The van der Waals surface area contributed by atoms with Gasteiger partial charge in [0.1, 0.15) is 0 Å². The third-order valence-corrected chi connectivity index (χ3v) is 3.43. The molecule has 1 heterocycles. The number of nitrogens with zero attached hydrogens (tertiary/aromatic N) is 2. The number of hydrogen-bond acceptors (Lipinski definition) is 2. The van der Waals surface area contributed by atoms with Crippen molar-refractivity contribution in [1.82, 2.24) is 9.78 Å². The smallest absolute Gasteiger partial charge is 0.225 e. The lowest BCUT2D eigenvalue weighted by atomic mass is 10.1. The lowest BCUT2D eigenvalue weighted by Crippen LogP contribution is -2.10. The molecule has 0 bridgehead atoms. The van der Waals surface area contributed by atoms with E-state index in [0.29, 0.717) is 0 Å². The fraction of sp³-hybridized carbons (Fsp3) is 0.211. The summed E-state index contributed by atoms with van der Waals surface area (Å²) in [5, 5.41) is 4.70. The Morgan fingerprint density at radius 3 is 2.09 bits per heavy atom. The highest BCUT2D eigenvalue weighted by molar-refractivity contribution is 5.72. The largest absolute Gasteiger partial charge is 0.474 e. The minimum absolute atomic E-state index is 0.0843. The van der Waals surface area contributed by atoms with Gasteiger partial charge < -0.3 is 4.74 Å². The van der Waals surface area contributed by atoms with Gasteiger partial charge in [0.25, 0.3) is 0 Å². The van der Waals surface area contributed by atoms with Crippen molar-refractivity contribution in [2.24, 2.45) is 0 Å². The summed E-state index contributed by atoms with van der Waals surface area (Å²) < 4.78 is 7.99. The van der Waals surface area contributed by atoms with Gasteiger partial charge >= 0.3 is 0 Å². The van der Waals surface area contributed by atoms with Crippen LogP contribution in [0.25, 0.3) is 16.8 Å². The summed E-state index contributed by atoms with van der Waals surface area (Å²) in [7, 11) is 0. The third-order valence-electron chi connectivity index (χ3n) is 3.43. The maximum absolute atomic E-state index is 6.11. The molecule has 1 aromatic heterocycles. The van der Waals surface area contributed by atoms with E-state index in [-0.39, 0.29) is 6.10 Å². The Kier molecular flexibility index (Phi) is 3.96. The Morgan fingerprint density at radius 1 is 0.909 bits per heavy atom. The molecule has 0 fully saturated rings. The van der Waals surface area contributed by atoms with Crippen LogP contribution in [0.1, 0.15) is 19.5 Å². The molecule has 22 heavy (non-hydrogen) atoms. The van der Waals surface area contributed by atoms with Crippen molar-refractivity contribution in [3.8, 4) is 22.7 Å². The van der Waals surface area contributed by atoms with E-state index in [9.17, 15) is 0 Å². The maximum Gasteiger partial charge on any atom is 0.225 e. The average molecular weight is 292 g/mol. The van der Waals surface area contributed by atoms with Crippen molar-refractivity contribution in [3.05, 3.63) is 66.4 Å². The van der Waals surface area contributed by atoms with Gasteiger partial charge in [-0.15, -0.1) is 0 Å². The second-order valence-corrected chi connectivity index (χ2v) is 5.55. The second kappa shape index (κ2) is 6.06. The third kappa shape index (κ3) is 2.75. The Balaban J connectivity index is 2.20. The molecule has 0 radical (unpaired) electrons. The topological polar surface area (TPSA) is 27.1 Å². The highest BCUT2D eigenvalue weighted by Crippen LogP contribution is 2.35. The van der Waals surface area contributed by atoms with Crippen LogP contribution in [-0.2, 0) is 0 Å². The van der Waals surface area contributed by atoms with Gasteiger partial charge in [0.2, 0.25) is 5.88 Å². The van der Waals surface area contributed by atoms with Crippen molar-refractivity contribution >= 4 is 0 Å². The number of rotatable bonds is 4. The first kappa shape index (κ1) is 14.4.